The average molecular weight is 191 g/mol. The fourth-order valence-electron chi connectivity index (χ4n) is 1.05. The van der Waals surface area contributed by atoms with Gasteiger partial charge in [-0.3, -0.25) is 4.79 Å². The van der Waals surface area contributed by atoms with Crippen molar-refractivity contribution >= 4 is 11.7 Å². The molecule has 0 atom stereocenters. The predicted molar refractivity (Wildman–Crippen MR) is 55.7 cm³/mol. The van der Waals surface area contributed by atoms with Crippen LogP contribution in [0.3, 0.4) is 0 Å². The highest BCUT2D eigenvalue weighted by atomic mass is 16.5. The molecule has 1 aromatic carbocycles. The van der Waals surface area contributed by atoms with Crippen molar-refractivity contribution in [2.75, 3.05) is 12.3 Å². The fraction of sp³-hybridized carbons (Fsp3) is 0.182. The highest BCUT2D eigenvalue weighted by Gasteiger charge is 2.05. The standard InChI is InChI=1S/C11H13NO2/c1-2-7-14-11(13)8-9-5-3-4-6-10(9)12/h2-6H,1,7-8,12H2. The molecule has 14 heavy (non-hydrogen) atoms. The van der Waals surface area contributed by atoms with Crippen LogP contribution in [0.2, 0.25) is 0 Å². The molecule has 0 aliphatic carbocycles. The summed E-state index contributed by atoms with van der Waals surface area (Å²) in [5.74, 6) is -0.289. The molecule has 0 fully saturated rings. The van der Waals surface area contributed by atoms with E-state index in [4.69, 9.17) is 10.5 Å². The lowest BCUT2D eigenvalue weighted by Crippen LogP contribution is -2.09. The van der Waals surface area contributed by atoms with E-state index in [0.717, 1.165) is 5.56 Å². The van der Waals surface area contributed by atoms with Gasteiger partial charge in [0.25, 0.3) is 0 Å². The molecule has 0 unspecified atom stereocenters. The number of ether oxygens (including phenoxy) is 1. The largest absolute Gasteiger partial charge is 0.461 e. The molecule has 0 amide bonds. The molecule has 0 aliphatic heterocycles. The van der Waals surface area contributed by atoms with Crippen LogP contribution in [0, 0.1) is 0 Å². The number of anilines is 1. The van der Waals surface area contributed by atoms with Gasteiger partial charge in [-0.15, -0.1) is 0 Å². The first-order chi connectivity index (χ1) is 6.74. The van der Waals surface area contributed by atoms with Crippen molar-refractivity contribution in [3.63, 3.8) is 0 Å². The van der Waals surface area contributed by atoms with Crippen molar-refractivity contribution in [2.45, 2.75) is 6.42 Å². The Hall–Kier alpha value is -1.77. The third-order valence-electron chi connectivity index (χ3n) is 1.75. The molecule has 0 saturated carbocycles. The molecule has 0 radical (unpaired) electrons. The zero-order valence-electron chi connectivity index (χ0n) is 7.90. The molecule has 1 aromatic rings. The van der Waals surface area contributed by atoms with E-state index >= 15 is 0 Å². The number of hydrogen-bond donors (Lipinski definition) is 1. The van der Waals surface area contributed by atoms with E-state index in [-0.39, 0.29) is 19.0 Å². The normalized spacial score (nSPS) is 9.43. The van der Waals surface area contributed by atoms with Crippen LogP contribution in [0.5, 0.6) is 0 Å². The van der Waals surface area contributed by atoms with E-state index in [2.05, 4.69) is 6.58 Å². The third kappa shape index (κ3) is 2.94. The minimum Gasteiger partial charge on any atom is -0.461 e. The summed E-state index contributed by atoms with van der Waals surface area (Å²) in [6, 6.07) is 7.24. The van der Waals surface area contributed by atoms with Crippen LogP contribution in [0.25, 0.3) is 0 Å². The summed E-state index contributed by atoms with van der Waals surface area (Å²) in [7, 11) is 0. The number of nitrogen functional groups attached to an aromatic ring is 1. The first-order valence-electron chi connectivity index (χ1n) is 4.34. The van der Waals surface area contributed by atoms with E-state index in [0.29, 0.717) is 5.69 Å². The molecule has 0 spiro atoms. The lowest BCUT2D eigenvalue weighted by molar-refractivity contribution is -0.141. The summed E-state index contributed by atoms with van der Waals surface area (Å²) in [6.07, 6.45) is 1.74. The van der Waals surface area contributed by atoms with Crippen molar-refractivity contribution in [2.24, 2.45) is 0 Å². The van der Waals surface area contributed by atoms with Crippen LogP contribution in [-0.4, -0.2) is 12.6 Å². The summed E-state index contributed by atoms with van der Waals surface area (Å²) in [5.41, 5.74) is 7.08. The molecule has 3 nitrogen and oxygen atoms in total. The lowest BCUT2D eigenvalue weighted by atomic mass is 10.1. The number of esters is 1. The van der Waals surface area contributed by atoms with Crippen molar-refractivity contribution in [1.82, 2.24) is 0 Å². The van der Waals surface area contributed by atoms with Crippen molar-refractivity contribution in [3.8, 4) is 0 Å². The summed E-state index contributed by atoms with van der Waals surface area (Å²) < 4.78 is 4.84. The first kappa shape index (κ1) is 10.3. The molecular formula is C11H13NO2. The van der Waals surface area contributed by atoms with Crippen molar-refractivity contribution < 1.29 is 9.53 Å². The number of para-hydroxylation sites is 1. The van der Waals surface area contributed by atoms with Gasteiger partial charge in [-0.05, 0) is 11.6 Å². The maximum absolute atomic E-state index is 11.2. The number of carbonyl (C=O) groups excluding carboxylic acids is 1. The maximum Gasteiger partial charge on any atom is 0.310 e. The Balaban J connectivity index is 2.56. The Morgan fingerprint density at radius 3 is 2.86 bits per heavy atom. The lowest BCUT2D eigenvalue weighted by Gasteiger charge is -2.04. The second-order valence-corrected chi connectivity index (χ2v) is 2.85. The highest BCUT2D eigenvalue weighted by Crippen LogP contribution is 2.11. The first-order valence-corrected chi connectivity index (χ1v) is 4.34. The van der Waals surface area contributed by atoms with Crippen LogP contribution < -0.4 is 5.73 Å². The molecule has 0 bridgehead atoms. The van der Waals surface area contributed by atoms with Gasteiger partial charge >= 0.3 is 5.97 Å². The summed E-state index contributed by atoms with van der Waals surface area (Å²) >= 11 is 0. The Kier molecular flexibility index (Phi) is 3.73. The van der Waals surface area contributed by atoms with Gasteiger partial charge in [0.15, 0.2) is 0 Å². The van der Waals surface area contributed by atoms with Gasteiger partial charge in [-0.2, -0.15) is 0 Å². The Morgan fingerprint density at radius 2 is 2.21 bits per heavy atom. The van der Waals surface area contributed by atoms with Gasteiger partial charge in [0.2, 0.25) is 0 Å². The third-order valence-corrected chi connectivity index (χ3v) is 1.75. The molecule has 0 aliphatic rings. The topological polar surface area (TPSA) is 52.3 Å². The quantitative estimate of drug-likeness (QED) is 0.446. The number of rotatable bonds is 4. The monoisotopic (exact) mass is 191 g/mol. The highest BCUT2D eigenvalue weighted by molar-refractivity contribution is 5.74. The van der Waals surface area contributed by atoms with E-state index in [1.165, 1.54) is 6.08 Å². The Labute approximate surface area is 83.2 Å². The number of carbonyl (C=O) groups is 1. The van der Waals surface area contributed by atoms with Crippen molar-refractivity contribution in [3.05, 3.63) is 42.5 Å². The van der Waals surface area contributed by atoms with Gasteiger partial charge in [-0.1, -0.05) is 30.9 Å². The van der Waals surface area contributed by atoms with Crippen LogP contribution in [0.15, 0.2) is 36.9 Å². The van der Waals surface area contributed by atoms with Gasteiger partial charge in [0, 0.05) is 5.69 Å². The second-order valence-electron chi connectivity index (χ2n) is 2.85. The molecule has 0 heterocycles. The summed E-state index contributed by atoms with van der Waals surface area (Å²) in [6.45, 7) is 3.70. The molecule has 1 rings (SSSR count). The number of benzene rings is 1. The van der Waals surface area contributed by atoms with E-state index < -0.39 is 0 Å². The summed E-state index contributed by atoms with van der Waals surface area (Å²) in [4.78, 5) is 11.2. The van der Waals surface area contributed by atoms with Crippen LogP contribution in [0.1, 0.15) is 5.56 Å². The smallest absolute Gasteiger partial charge is 0.310 e. The zero-order chi connectivity index (χ0) is 10.4. The van der Waals surface area contributed by atoms with Crippen LogP contribution >= 0.6 is 0 Å². The number of nitrogens with two attached hydrogens (primary N) is 1. The maximum atomic E-state index is 11.2. The minimum atomic E-state index is -0.289. The van der Waals surface area contributed by atoms with Gasteiger partial charge < -0.3 is 10.5 Å². The van der Waals surface area contributed by atoms with Crippen LogP contribution in [-0.2, 0) is 16.0 Å². The molecule has 2 N–H and O–H groups in total. The minimum absolute atomic E-state index is 0.209. The summed E-state index contributed by atoms with van der Waals surface area (Å²) in [5, 5.41) is 0. The molecule has 0 saturated heterocycles. The molecule has 0 aromatic heterocycles. The fourth-order valence-corrected chi connectivity index (χ4v) is 1.05. The Morgan fingerprint density at radius 1 is 1.50 bits per heavy atom. The van der Waals surface area contributed by atoms with Crippen molar-refractivity contribution in [1.29, 1.82) is 0 Å². The van der Waals surface area contributed by atoms with E-state index in [1.807, 2.05) is 18.2 Å². The van der Waals surface area contributed by atoms with Gasteiger partial charge in [0.1, 0.15) is 6.61 Å². The Bertz CT molecular complexity index is 334. The second kappa shape index (κ2) is 5.07. The molecule has 74 valence electrons. The predicted octanol–water partition coefficient (Wildman–Crippen LogP) is 1.54. The van der Waals surface area contributed by atoms with Gasteiger partial charge in [-0.25, -0.2) is 0 Å². The molecular weight excluding hydrogens is 178 g/mol. The zero-order valence-corrected chi connectivity index (χ0v) is 7.90. The van der Waals surface area contributed by atoms with Crippen LogP contribution in [0.4, 0.5) is 5.69 Å². The average Bonchev–Trinajstić information content (AvgIpc) is 2.18. The molecule has 3 heteroatoms. The van der Waals surface area contributed by atoms with Gasteiger partial charge in [0.05, 0.1) is 6.42 Å². The number of hydrogen-bond acceptors (Lipinski definition) is 3. The van der Waals surface area contributed by atoms with E-state index in [9.17, 15) is 4.79 Å². The van der Waals surface area contributed by atoms with E-state index in [1.54, 1.807) is 6.07 Å². The SMILES string of the molecule is C=CCOC(=O)Cc1ccccc1N.